The Bertz CT molecular complexity index is 521. The molecule has 1 aromatic heterocycles. The van der Waals surface area contributed by atoms with Crippen LogP contribution in [-0.2, 0) is 0 Å². The van der Waals surface area contributed by atoms with E-state index in [2.05, 4.69) is 4.98 Å². The van der Waals surface area contributed by atoms with Crippen LogP contribution in [0.1, 0.15) is 10.4 Å². The molecule has 0 bridgehead atoms. The molecule has 0 aliphatic heterocycles. The molecule has 4 heteroatoms. The first-order chi connectivity index (χ1) is 7.66. The van der Waals surface area contributed by atoms with Crippen molar-refractivity contribution in [3.05, 3.63) is 48.3 Å². The number of nitrogens with zero attached hydrogens (tertiary/aromatic N) is 1. The van der Waals surface area contributed by atoms with Crippen LogP contribution >= 0.6 is 0 Å². The van der Waals surface area contributed by atoms with E-state index in [0.29, 0.717) is 5.69 Å². The van der Waals surface area contributed by atoms with E-state index in [9.17, 15) is 4.79 Å². The Hall–Kier alpha value is -2.36. The van der Waals surface area contributed by atoms with E-state index in [4.69, 9.17) is 10.8 Å². The zero-order valence-electron chi connectivity index (χ0n) is 8.42. The predicted molar refractivity (Wildman–Crippen MR) is 61.0 cm³/mol. The molecule has 4 nitrogen and oxygen atoms in total. The maximum atomic E-state index is 10.8. The van der Waals surface area contributed by atoms with E-state index < -0.39 is 5.97 Å². The Kier molecular flexibility index (Phi) is 2.55. The maximum Gasteiger partial charge on any atom is 0.337 e. The number of aromatic carboxylic acids is 1. The third-order valence-electron chi connectivity index (χ3n) is 2.23. The second-order valence-corrected chi connectivity index (χ2v) is 3.39. The third-order valence-corrected chi connectivity index (χ3v) is 2.23. The van der Waals surface area contributed by atoms with Crippen LogP contribution < -0.4 is 5.73 Å². The summed E-state index contributed by atoms with van der Waals surface area (Å²) in [5, 5.41) is 8.84. The van der Waals surface area contributed by atoms with Gasteiger partial charge >= 0.3 is 5.97 Å². The molecular formula is C12H10N2O2. The second-order valence-electron chi connectivity index (χ2n) is 3.39. The normalized spacial score (nSPS) is 10.0. The van der Waals surface area contributed by atoms with Crippen LogP contribution in [0.15, 0.2) is 42.7 Å². The van der Waals surface area contributed by atoms with Crippen molar-refractivity contribution < 1.29 is 9.90 Å². The van der Waals surface area contributed by atoms with E-state index in [-0.39, 0.29) is 5.56 Å². The van der Waals surface area contributed by atoms with E-state index in [1.54, 1.807) is 24.4 Å². The fourth-order valence-electron chi connectivity index (χ4n) is 1.39. The summed E-state index contributed by atoms with van der Waals surface area (Å²) in [5.41, 5.74) is 8.08. The summed E-state index contributed by atoms with van der Waals surface area (Å²) >= 11 is 0. The highest BCUT2D eigenvalue weighted by molar-refractivity contribution is 5.88. The van der Waals surface area contributed by atoms with Gasteiger partial charge in [0.05, 0.1) is 5.56 Å². The lowest BCUT2D eigenvalue weighted by atomic mass is 10.1. The maximum absolute atomic E-state index is 10.8. The lowest BCUT2D eigenvalue weighted by Gasteiger charge is -2.02. The minimum absolute atomic E-state index is 0.175. The van der Waals surface area contributed by atoms with E-state index in [1.807, 2.05) is 12.1 Å². The average molecular weight is 214 g/mol. The van der Waals surface area contributed by atoms with E-state index in [0.717, 1.165) is 11.1 Å². The number of hydrogen-bond donors (Lipinski definition) is 2. The Morgan fingerprint density at radius 3 is 2.44 bits per heavy atom. The predicted octanol–water partition coefficient (Wildman–Crippen LogP) is 2.03. The van der Waals surface area contributed by atoms with Crippen molar-refractivity contribution >= 4 is 11.7 Å². The standard InChI is InChI=1S/C12H10N2O2/c13-11-3-1-8(2-4-11)9-5-10(12(15)16)7-14-6-9/h1-7H,13H2,(H,15,16). The van der Waals surface area contributed by atoms with Gasteiger partial charge in [-0.15, -0.1) is 0 Å². The van der Waals surface area contributed by atoms with Crippen LogP contribution in [0.2, 0.25) is 0 Å². The average Bonchev–Trinajstić information content (AvgIpc) is 2.30. The van der Waals surface area contributed by atoms with Crippen LogP contribution in [0.25, 0.3) is 11.1 Å². The molecule has 0 aliphatic rings. The molecule has 16 heavy (non-hydrogen) atoms. The summed E-state index contributed by atoms with van der Waals surface area (Å²) in [7, 11) is 0. The van der Waals surface area contributed by atoms with Crippen LogP contribution in [0.5, 0.6) is 0 Å². The molecule has 2 aromatic rings. The quantitative estimate of drug-likeness (QED) is 0.750. The fraction of sp³-hybridized carbons (Fsp3) is 0. The Labute approximate surface area is 92.4 Å². The number of carboxylic acid groups (broad SMARTS) is 1. The molecule has 80 valence electrons. The largest absolute Gasteiger partial charge is 0.478 e. The van der Waals surface area contributed by atoms with Gasteiger partial charge in [-0.3, -0.25) is 4.98 Å². The number of hydrogen-bond acceptors (Lipinski definition) is 3. The van der Waals surface area contributed by atoms with Gasteiger partial charge in [0.25, 0.3) is 0 Å². The Morgan fingerprint density at radius 1 is 1.12 bits per heavy atom. The second kappa shape index (κ2) is 4.02. The van der Waals surface area contributed by atoms with Crippen molar-refractivity contribution in [1.29, 1.82) is 0 Å². The minimum atomic E-state index is -0.982. The highest BCUT2D eigenvalue weighted by Crippen LogP contribution is 2.20. The number of nitrogens with two attached hydrogens (primary N) is 1. The van der Waals surface area contributed by atoms with E-state index in [1.165, 1.54) is 6.20 Å². The summed E-state index contributed by atoms with van der Waals surface area (Å²) in [6, 6.07) is 8.78. The number of carboxylic acids is 1. The number of carbonyl (C=O) groups is 1. The van der Waals surface area contributed by atoms with Crippen molar-refractivity contribution in [2.24, 2.45) is 0 Å². The number of rotatable bonds is 2. The summed E-state index contributed by atoms with van der Waals surface area (Å²) in [6.45, 7) is 0. The van der Waals surface area contributed by atoms with Crippen molar-refractivity contribution in [1.82, 2.24) is 4.98 Å². The van der Waals surface area contributed by atoms with Gasteiger partial charge in [-0.05, 0) is 23.8 Å². The van der Waals surface area contributed by atoms with Crippen molar-refractivity contribution in [2.45, 2.75) is 0 Å². The van der Waals surface area contributed by atoms with Gasteiger partial charge in [-0.25, -0.2) is 4.79 Å². The number of benzene rings is 1. The SMILES string of the molecule is Nc1ccc(-c2cncc(C(=O)O)c2)cc1. The smallest absolute Gasteiger partial charge is 0.337 e. The summed E-state index contributed by atoms with van der Waals surface area (Å²) < 4.78 is 0. The molecule has 0 amide bonds. The van der Waals surface area contributed by atoms with Crippen molar-refractivity contribution in [2.75, 3.05) is 5.73 Å². The molecule has 2 rings (SSSR count). The molecule has 0 fully saturated rings. The molecule has 0 unspecified atom stereocenters. The van der Waals surface area contributed by atoms with E-state index >= 15 is 0 Å². The summed E-state index contributed by atoms with van der Waals surface area (Å²) in [6.07, 6.45) is 2.95. The molecule has 0 saturated carbocycles. The molecule has 0 spiro atoms. The first kappa shape index (κ1) is 10.2. The molecule has 1 aromatic carbocycles. The topological polar surface area (TPSA) is 76.2 Å². The zero-order valence-corrected chi connectivity index (χ0v) is 8.42. The number of pyridine rings is 1. The van der Waals surface area contributed by atoms with Crippen molar-refractivity contribution in [3.63, 3.8) is 0 Å². The number of aromatic nitrogens is 1. The molecule has 0 radical (unpaired) electrons. The first-order valence-electron chi connectivity index (χ1n) is 4.71. The van der Waals surface area contributed by atoms with Crippen LogP contribution in [-0.4, -0.2) is 16.1 Å². The lowest BCUT2D eigenvalue weighted by molar-refractivity contribution is 0.0696. The molecule has 0 atom stereocenters. The highest BCUT2D eigenvalue weighted by atomic mass is 16.4. The van der Waals surface area contributed by atoms with Gasteiger partial charge in [0.15, 0.2) is 0 Å². The van der Waals surface area contributed by atoms with Gasteiger partial charge in [0.1, 0.15) is 0 Å². The number of anilines is 1. The Morgan fingerprint density at radius 2 is 1.81 bits per heavy atom. The van der Waals surface area contributed by atoms with Gasteiger partial charge in [-0.1, -0.05) is 12.1 Å². The summed E-state index contributed by atoms with van der Waals surface area (Å²) in [5.74, 6) is -0.982. The minimum Gasteiger partial charge on any atom is -0.478 e. The van der Waals surface area contributed by atoms with Crippen molar-refractivity contribution in [3.8, 4) is 11.1 Å². The van der Waals surface area contributed by atoms with Gasteiger partial charge in [0.2, 0.25) is 0 Å². The Balaban J connectivity index is 2.44. The third kappa shape index (κ3) is 2.00. The molecule has 1 heterocycles. The lowest BCUT2D eigenvalue weighted by Crippen LogP contribution is -1.97. The van der Waals surface area contributed by atoms with Gasteiger partial charge in [0, 0.05) is 23.6 Å². The monoisotopic (exact) mass is 214 g/mol. The highest BCUT2D eigenvalue weighted by Gasteiger charge is 2.05. The van der Waals surface area contributed by atoms with Crippen LogP contribution in [0, 0.1) is 0 Å². The fourth-order valence-corrected chi connectivity index (χ4v) is 1.39. The molecule has 0 aliphatic carbocycles. The summed E-state index contributed by atoms with van der Waals surface area (Å²) in [4.78, 5) is 14.7. The van der Waals surface area contributed by atoms with Crippen LogP contribution in [0.4, 0.5) is 5.69 Å². The molecule has 3 N–H and O–H groups in total. The van der Waals surface area contributed by atoms with Gasteiger partial charge < -0.3 is 10.8 Å². The van der Waals surface area contributed by atoms with Crippen LogP contribution in [0.3, 0.4) is 0 Å². The number of nitrogen functional groups attached to an aromatic ring is 1. The molecule has 0 saturated heterocycles. The zero-order chi connectivity index (χ0) is 11.5. The molecular weight excluding hydrogens is 204 g/mol. The van der Waals surface area contributed by atoms with Gasteiger partial charge in [-0.2, -0.15) is 0 Å². The first-order valence-corrected chi connectivity index (χ1v) is 4.71.